The molecule has 2 nitrogen and oxygen atoms in total. The maximum Gasteiger partial charge on any atom is 0.00927 e. The summed E-state index contributed by atoms with van der Waals surface area (Å²) in [5, 5.41) is 3.46. The number of hydrogen-bond donors (Lipinski definition) is 1. The summed E-state index contributed by atoms with van der Waals surface area (Å²) in [7, 11) is 2.35. The molecule has 1 saturated heterocycles. The minimum Gasteiger partial charge on any atom is -0.317 e. The van der Waals surface area contributed by atoms with Crippen molar-refractivity contribution in [2.75, 3.05) is 26.7 Å². The van der Waals surface area contributed by atoms with E-state index < -0.39 is 0 Å². The molecule has 0 aromatic rings. The van der Waals surface area contributed by atoms with E-state index in [1.807, 2.05) is 0 Å². The van der Waals surface area contributed by atoms with Gasteiger partial charge in [-0.3, -0.25) is 0 Å². The van der Waals surface area contributed by atoms with Gasteiger partial charge in [-0.15, -0.1) is 0 Å². The fraction of sp³-hybridized carbons (Fsp3) is 1.00. The molecule has 0 bridgehead atoms. The van der Waals surface area contributed by atoms with Crippen LogP contribution in [0.15, 0.2) is 0 Å². The monoisotopic (exact) mass is 238 g/mol. The van der Waals surface area contributed by atoms with Crippen molar-refractivity contribution in [2.45, 2.75) is 58.4 Å². The van der Waals surface area contributed by atoms with Gasteiger partial charge in [-0.25, -0.2) is 0 Å². The fourth-order valence-electron chi connectivity index (χ4n) is 3.45. The lowest BCUT2D eigenvalue weighted by atomic mass is 9.75. The van der Waals surface area contributed by atoms with Crippen molar-refractivity contribution in [3.8, 4) is 0 Å². The van der Waals surface area contributed by atoms with Gasteiger partial charge in [0, 0.05) is 12.6 Å². The van der Waals surface area contributed by atoms with Gasteiger partial charge in [-0.05, 0) is 70.0 Å². The largest absolute Gasteiger partial charge is 0.317 e. The molecule has 1 N–H and O–H groups in total. The first-order valence-corrected chi connectivity index (χ1v) is 7.48. The Morgan fingerprint density at radius 1 is 1.06 bits per heavy atom. The lowest BCUT2D eigenvalue weighted by Gasteiger charge is -2.40. The van der Waals surface area contributed by atoms with Crippen LogP contribution in [0, 0.1) is 11.3 Å². The lowest BCUT2D eigenvalue weighted by Crippen LogP contribution is -2.41. The van der Waals surface area contributed by atoms with Gasteiger partial charge in [-0.2, -0.15) is 0 Å². The van der Waals surface area contributed by atoms with Crippen LogP contribution >= 0.6 is 0 Å². The van der Waals surface area contributed by atoms with Crippen molar-refractivity contribution in [3.63, 3.8) is 0 Å². The van der Waals surface area contributed by atoms with Gasteiger partial charge in [0.15, 0.2) is 0 Å². The van der Waals surface area contributed by atoms with Crippen molar-refractivity contribution in [1.82, 2.24) is 10.2 Å². The first-order chi connectivity index (χ1) is 8.07. The summed E-state index contributed by atoms with van der Waals surface area (Å²) in [6.45, 7) is 8.64. The van der Waals surface area contributed by atoms with Crippen LogP contribution in [0.25, 0.3) is 0 Å². The predicted molar refractivity (Wildman–Crippen MR) is 74.3 cm³/mol. The Labute approximate surface area is 107 Å². The highest BCUT2D eigenvalue weighted by molar-refractivity contribution is 4.84. The van der Waals surface area contributed by atoms with E-state index in [1.54, 1.807) is 0 Å². The molecule has 2 fully saturated rings. The highest BCUT2D eigenvalue weighted by Gasteiger charge is 2.29. The number of rotatable bonds is 3. The third-order valence-corrected chi connectivity index (χ3v) is 4.94. The highest BCUT2D eigenvalue weighted by atomic mass is 15.1. The summed E-state index contributed by atoms with van der Waals surface area (Å²) in [4.78, 5) is 2.66. The van der Waals surface area contributed by atoms with Gasteiger partial charge in [-0.1, -0.05) is 13.8 Å². The van der Waals surface area contributed by atoms with Crippen LogP contribution in [0.3, 0.4) is 0 Å². The quantitative estimate of drug-likeness (QED) is 0.813. The SMILES string of the molecule is CN(CC1CCNCC1)C1CCC(C)(C)CC1. The van der Waals surface area contributed by atoms with E-state index >= 15 is 0 Å². The summed E-state index contributed by atoms with van der Waals surface area (Å²) in [6.07, 6.45) is 8.40. The summed E-state index contributed by atoms with van der Waals surface area (Å²) >= 11 is 0. The van der Waals surface area contributed by atoms with Crippen molar-refractivity contribution < 1.29 is 0 Å². The molecule has 1 heterocycles. The molecule has 1 aliphatic carbocycles. The van der Waals surface area contributed by atoms with Gasteiger partial charge in [0.25, 0.3) is 0 Å². The Bertz CT molecular complexity index is 221. The normalized spacial score (nSPS) is 27.5. The Hall–Kier alpha value is -0.0800. The average molecular weight is 238 g/mol. The second kappa shape index (κ2) is 5.71. The van der Waals surface area contributed by atoms with Crippen molar-refractivity contribution in [3.05, 3.63) is 0 Å². The zero-order valence-electron chi connectivity index (χ0n) is 12.0. The van der Waals surface area contributed by atoms with Gasteiger partial charge < -0.3 is 10.2 Å². The van der Waals surface area contributed by atoms with Gasteiger partial charge in [0.1, 0.15) is 0 Å². The Kier molecular flexibility index (Phi) is 4.48. The average Bonchev–Trinajstić information content (AvgIpc) is 2.30. The molecule has 1 saturated carbocycles. The number of nitrogens with one attached hydrogen (secondary N) is 1. The van der Waals surface area contributed by atoms with Crippen molar-refractivity contribution in [1.29, 1.82) is 0 Å². The smallest absolute Gasteiger partial charge is 0.00927 e. The van der Waals surface area contributed by atoms with Crippen molar-refractivity contribution in [2.24, 2.45) is 11.3 Å². The molecule has 2 aliphatic rings. The third kappa shape index (κ3) is 3.96. The summed E-state index contributed by atoms with van der Waals surface area (Å²) in [5.74, 6) is 0.941. The van der Waals surface area contributed by atoms with Crippen LogP contribution in [-0.2, 0) is 0 Å². The molecule has 1 aliphatic heterocycles. The van der Waals surface area contributed by atoms with Crippen LogP contribution in [0.5, 0.6) is 0 Å². The lowest BCUT2D eigenvalue weighted by molar-refractivity contribution is 0.109. The molecule has 0 spiro atoms. The van der Waals surface area contributed by atoms with Crippen LogP contribution in [0.4, 0.5) is 0 Å². The zero-order chi connectivity index (χ0) is 12.3. The van der Waals surface area contributed by atoms with Gasteiger partial charge >= 0.3 is 0 Å². The van der Waals surface area contributed by atoms with Crippen LogP contribution in [-0.4, -0.2) is 37.6 Å². The van der Waals surface area contributed by atoms with Gasteiger partial charge in [0.2, 0.25) is 0 Å². The molecule has 0 unspecified atom stereocenters. The third-order valence-electron chi connectivity index (χ3n) is 4.94. The molecule has 0 radical (unpaired) electrons. The topological polar surface area (TPSA) is 15.3 Å². The van der Waals surface area contributed by atoms with E-state index in [2.05, 4.69) is 31.1 Å². The molecule has 0 aromatic carbocycles. The van der Waals surface area contributed by atoms with E-state index in [4.69, 9.17) is 0 Å². The minimum absolute atomic E-state index is 0.603. The molecule has 0 atom stereocenters. The molecular formula is C15H30N2. The van der Waals surface area contributed by atoms with Crippen LogP contribution in [0.2, 0.25) is 0 Å². The highest BCUT2D eigenvalue weighted by Crippen LogP contribution is 2.36. The standard InChI is InChI=1S/C15H30N2/c1-15(2)8-4-14(5-9-15)17(3)12-13-6-10-16-11-7-13/h13-14,16H,4-12H2,1-3H3. The van der Waals surface area contributed by atoms with E-state index in [1.165, 1.54) is 58.2 Å². The molecule has 0 aromatic heterocycles. The molecule has 2 heteroatoms. The Morgan fingerprint density at radius 3 is 2.24 bits per heavy atom. The molecular weight excluding hydrogens is 208 g/mol. The summed E-state index contributed by atoms with van der Waals surface area (Å²) < 4.78 is 0. The Morgan fingerprint density at radius 2 is 1.65 bits per heavy atom. The zero-order valence-corrected chi connectivity index (χ0v) is 12.0. The predicted octanol–water partition coefficient (Wildman–Crippen LogP) is 2.89. The Balaban J connectivity index is 1.74. The summed E-state index contributed by atoms with van der Waals surface area (Å²) in [5.41, 5.74) is 0.603. The molecule has 0 amide bonds. The van der Waals surface area contributed by atoms with E-state index in [9.17, 15) is 0 Å². The van der Waals surface area contributed by atoms with E-state index in [-0.39, 0.29) is 0 Å². The van der Waals surface area contributed by atoms with Crippen molar-refractivity contribution >= 4 is 0 Å². The first-order valence-electron chi connectivity index (χ1n) is 7.48. The van der Waals surface area contributed by atoms with Crippen LogP contribution in [0.1, 0.15) is 52.4 Å². The molecule has 2 rings (SSSR count). The number of piperidine rings is 1. The van der Waals surface area contributed by atoms with Gasteiger partial charge in [0.05, 0.1) is 0 Å². The molecule has 17 heavy (non-hydrogen) atoms. The second-order valence-electron chi connectivity index (χ2n) is 7.03. The van der Waals surface area contributed by atoms with Crippen LogP contribution < -0.4 is 5.32 Å². The minimum atomic E-state index is 0.603. The maximum absolute atomic E-state index is 3.46. The number of hydrogen-bond acceptors (Lipinski definition) is 2. The number of nitrogens with zero attached hydrogens (tertiary/aromatic N) is 1. The molecule has 100 valence electrons. The second-order valence-corrected chi connectivity index (χ2v) is 7.03. The first kappa shape index (κ1) is 13.4. The summed E-state index contributed by atoms with van der Waals surface area (Å²) in [6, 6.07) is 0.859. The van der Waals surface area contributed by atoms with E-state index in [0.717, 1.165) is 12.0 Å². The van der Waals surface area contributed by atoms with E-state index in [0.29, 0.717) is 5.41 Å². The fourth-order valence-corrected chi connectivity index (χ4v) is 3.45. The maximum atomic E-state index is 3.46.